The van der Waals surface area contributed by atoms with Crippen LogP contribution < -0.4 is 10.6 Å². The summed E-state index contributed by atoms with van der Waals surface area (Å²) in [4.78, 5) is 19.5. The van der Waals surface area contributed by atoms with E-state index < -0.39 is 0 Å². The van der Waals surface area contributed by atoms with Crippen molar-refractivity contribution in [2.24, 2.45) is 0 Å². The number of aromatic nitrogens is 2. The van der Waals surface area contributed by atoms with Gasteiger partial charge >= 0.3 is 5.69 Å². The van der Waals surface area contributed by atoms with Crippen LogP contribution in [0.15, 0.2) is 17.1 Å². The van der Waals surface area contributed by atoms with Gasteiger partial charge in [0.05, 0.1) is 0 Å². The van der Waals surface area contributed by atoms with Gasteiger partial charge in [-0.05, 0) is 25.3 Å². The van der Waals surface area contributed by atoms with Crippen LogP contribution >= 0.6 is 0 Å². The lowest BCUT2D eigenvalue weighted by Crippen LogP contribution is -2.31. The van der Waals surface area contributed by atoms with E-state index in [2.05, 4.69) is 14.9 Å². The summed E-state index contributed by atoms with van der Waals surface area (Å²) in [5.74, 6) is 0.903. The minimum absolute atomic E-state index is 0.261. The third-order valence-electron chi connectivity index (χ3n) is 2.36. The first-order valence-electron chi connectivity index (χ1n) is 6.66. The molecule has 1 aromatic heterocycles. The molecule has 1 saturated heterocycles. The molecule has 4 nitrogen and oxygen atoms in total. The van der Waals surface area contributed by atoms with Crippen LogP contribution in [0.5, 0.6) is 0 Å². The van der Waals surface area contributed by atoms with E-state index in [1.54, 1.807) is 6.20 Å². The van der Waals surface area contributed by atoms with Crippen molar-refractivity contribution >= 4 is 5.82 Å². The number of hydrogen-bond donors (Lipinski definition) is 1. The minimum Gasteiger partial charge on any atom is -0.358 e. The monoisotopic (exact) mass is 239 g/mol. The highest BCUT2D eigenvalue weighted by Gasteiger charge is 2.10. The molecule has 1 fully saturated rings. The summed E-state index contributed by atoms with van der Waals surface area (Å²) in [5.41, 5.74) is -0.261. The lowest BCUT2D eigenvalue weighted by atomic mass is 10.1. The average Bonchev–Trinajstić information content (AvgIpc) is 2.44. The Kier molecular flexibility index (Phi) is 9.11. The first kappa shape index (κ1) is 15.7. The normalized spacial score (nSPS) is 14.0. The standard InChI is InChI=1S/C9H13N3O.2C2H6/c13-9-10-5-4-8(11-9)12-6-2-1-3-7-12;2*1-2/h4-5H,1-3,6-7H2,(H,10,11,13);2*1-2H3. The van der Waals surface area contributed by atoms with E-state index >= 15 is 0 Å². The number of nitrogens with zero attached hydrogens (tertiary/aromatic N) is 2. The van der Waals surface area contributed by atoms with E-state index in [0.717, 1.165) is 18.9 Å². The number of rotatable bonds is 1. The van der Waals surface area contributed by atoms with Crippen LogP contribution in [0.25, 0.3) is 0 Å². The van der Waals surface area contributed by atoms with E-state index in [1.807, 2.05) is 33.8 Å². The lowest BCUT2D eigenvalue weighted by molar-refractivity contribution is 0.572. The van der Waals surface area contributed by atoms with Gasteiger partial charge in [-0.25, -0.2) is 9.78 Å². The van der Waals surface area contributed by atoms with E-state index in [0.29, 0.717) is 0 Å². The summed E-state index contributed by atoms with van der Waals surface area (Å²) in [6.07, 6.45) is 5.28. The molecule has 4 heteroatoms. The topological polar surface area (TPSA) is 49.0 Å². The Balaban J connectivity index is 0.000000581. The Labute approximate surface area is 104 Å². The summed E-state index contributed by atoms with van der Waals surface area (Å²) in [6, 6.07) is 1.85. The molecule has 0 radical (unpaired) electrons. The first-order valence-corrected chi connectivity index (χ1v) is 6.66. The molecule has 2 heterocycles. The molecule has 0 unspecified atom stereocenters. The second-order valence-corrected chi connectivity index (χ2v) is 3.31. The van der Waals surface area contributed by atoms with Crippen LogP contribution in [0.4, 0.5) is 5.82 Å². The molecule has 0 spiro atoms. The Morgan fingerprint density at radius 3 is 2.24 bits per heavy atom. The average molecular weight is 239 g/mol. The number of H-pyrrole nitrogens is 1. The second-order valence-electron chi connectivity index (χ2n) is 3.31. The van der Waals surface area contributed by atoms with E-state index in [4.69, 9.17) is 0 Å². The van der Waals surface area contributed by atoms with Crippen molar-refractivity contribution in [1.29, 1.82) is 0 Å². The van der Waals surface area contributed by atoms with Crippen LogP contribution in [0.1, 0.15) is 47.0 Å². The van der Waals surface area contributed by atoms with Crippen molar-refractivity contribution in [3.05, 3.63) is 22.7 Å². The fourth-order valence-corrected chi connectivity index (χ4v) is 1.68. The van der Waals surface area contributed by atoms with Crippen molar-refractivity contribution in [3.8, 4) is 0 Å². The third-order valence-corrected chi connectivity index (χ3v) is 2.36. The third kappa shape index (κ3) is 5.52. The van der Waals surface area contributed by atoms with Crippen LogP contribution in [0.2, 0.25) is 0 Å². The maximum atomic E-state index is 10.9. The van der Waals surface area contributed by atoms with Crippen molar-refractivity contribution in [2.75, 3.05) is 18.0 Å². The van der Waals surface area contributed by atoms with Gasteiger partial charge in [0.25, 0.3) is 0 Å². The van der Waals surface area contributed by atoms with E-state index in [-0.39, 0.29) is 5.69 Å². The zero-order chi connectivity index (χ0) is 13.1. The van der Waals surface area contributed by atoms with Crippen molar-refractivity contribution in [3.63, 3.8) is 0 Å². The second kappa shape index (κ2) is 9.87. The number of piperidine rings is 1. The zero-order valence-corrected chi connectivity index (χ0v) is 11.5. The molecule has 0 bridgehead atoms. The molecule has 1 N–H and O–H groups in total. The van der Waals surface area contributed by atoms with Crippen LogP contribution in [0.3, 0.4) is 0 Å². The first-order chi connectivity index (χ1) is 8.36. The number of anilines is 1. The fourth-order valence-electron chi connectivity index (χ4n) is 1.68. The maximum Gasteiger partial charge on any atom is 0.346 e. The van der Waals surface area contributed by atoms with Gasteiger partial charge in [-0.1, -0.05) is 27.7 Å². The van der Waals surface area contributed by atoms with Gasteiger partial charge in [0.15, 0.2) is 0 Å². The molecule has 98 valence electrons. The molecule has 2 rings (SSSR count). The fraction of sp³-hybridized carbons (Fsp3) is 0.692. The SMILES string of the molecule is CC.CC.O=c1nccc(N2CCCCC2)[nH]1. The largest absolute Gasteiger partial charge is 0.358 e. The molecule has 17 heavy (non-hydrogen) atoms. The maximum absolute atomic E-state index is 10.9. The summed E-state index contributed by atoms with van der Waals surface area (Å²) < 4.78 is 0. The Hall–Kier alpha value is -1.32. The Morgan fingerprint density at radius 2 is 1.71 bits per heavy atom. The molecule has 0 aliphatic carbocycles. The minimum atomic E-state index is -0.261. The molecular formula is C13H25N3O. The van der Waals surface area contributed by atoms with Gasteiger partial charge < -0.3 is 4.90 Å². The van der Waals surface area contributed by atoms with Crippen LogP contribution in [-0.4, -0.2) is 23.1 Å². The zero-order valence-electron chi connectivity index (χ0n) is 11.5. The molecule has 0 amide bonds. The smallest absolute Gasteiger partial charge is 0.346 e. The van der Waals surface area contributed by atoms with Gasteiger partial charge in [-0.2, -0.15) is 0 Å². The van der Waals surface area contributed by atoms with Crippen molar-refractivity contribution < 1.29 is 0 Å². The summed E-state index contributed by atoms with van der Waals surface area (Å²) in [7, 11) is 0. The quantitative estimate of drug-likeness (QED) is 0.819. The predicted molar refractivity (Wildman–Crippen MR) is 73.6 cm³/mol. The van der Waals surface area contributed by atoms with Crippen molar-refractivity contribution in [1.82, 2.24) is 9.97 Å². The molecular weight excluding hydrogens is 214 g/mol. The summed E-state index contributed by atoms with van der Waals surface area (Å²) in [5, 5.41) is 0. The van der Waals surface area contributed by atoms with Gasteiger partial charge in [-0.15, -0.1) is 0 Å². The van der Waals surface area contributed by atoms with Gasteiger partial charge in [0.1, 0.15) is 5.82 Å². The number of aromatic amines is 1. The molecule has 0 atom stereocenters. The molecule has 0 aromatic carbocycles. The molecule has 1 aromatic rings. The predicted octanol–water partition coefficient (Wildman–Crippen LogP) is 2.81. The Bertz CT molecular complexity index is 329. The molecule has 0 saturated carbocycles. The van der Waals surface area contributed by atoms with E-state index in [9.17, 15) is 4.79 Å². The van der Waals surface area contributed by atoms with Crippen molar-refractivity contribution in [2.45, 2.75) is 47.0 Å². The highest BCUT2D eigenvalue weighted by Crippen LogP contribution is 2.14. The number of nitrogens with one attached hydrogen (secondary N) is 1. The van der Waals surface area contributed by atoms with Crippen LogP contribution in [-0.2, 0) is 0 Å². The Morgan fingerprint density at radius 1 is 1.12 bits per heavy atom. The van der Waals surface area contributed by atoms with E-state index in [1.165, 1.54) is 19.3 Å². The summed E-state index contributed by atoms with van der Waals surface area (Å²) in [6.45, 7) is 10.1. The number of hydrogen-bond acceptors (Lipinski definition) is 3. The molecule has 1 aliphatic rings. The van der Waals surface area contributed by atoms with Gasteiger partial charge in [-0.3, -0.25) is 4.98 Å². The van der Waals surface area contributed by atoms with Crippen LogP contribution in [0, 0.1) is 0 Å². The molecule has 1 aliphatic heterocycles. The highest BCUT2D eigenvalue weighted by molar-refractivity contribution is 5.36. The highest BCUT2D eigenvalue weighted by atomic mass is 16.1. The van der Waals surface area contributed by atoms with Gasteiger partial charge in [0, 0.05) is 19.3 Å². The lowest BCUT2D eigenvalue weighted by Gasteiger charge is -2.27. The summed E-state index contributed by atoms with van der Waals surface area (Å²) >= 11 is 0. The van der Waals surface area contributed by atoms with Gasteiger partial charge in [0.2, 0.25) is 0 Å².